The quantitative estimate of drug-likeness (QED) is 0.502. The minimum absolute atomic E-state index is 0.150. The summed E-state index contributed by atoms with van der Waals surface area (Å²) in [6, 6.07) is 17.3. The summed E-state index contributed by atoms with van der Waals surface area (Å²) in [7, 11) is 1.61. The molecule has 30 heavy (non-hydrogen) atoms. The molecular weight excluding hydrogens is 378 g/mol. The van der Waals surface area contributed by atoms with Gasteiger partial charge in [0.05, 0.1) is 24.0 Å². The Morgan fingerprint density at radius 1 is 1.07 bits per heavy atom. The first-order chi connectivity index (χ1) is 14.7. The molecule has 0 spiro atoms. The fraction of sp³-hybridized carbons (Fsp3) is 0.0909. The minimum Gasteiger partial charge on any atom is -0.355 e. The molecule has 5 rings (SSSR count). The van der Waals surface area contributed by atoms with E-state index in [1.807, 2.05) is 36.4 Å². The zero-order chi connectivity index (χ0) is 20.5. The van der Waals surface area contributed by atoms with Crippen molar-refractivity contribution in [2.24, 2.45) is 0 Å². The van der Waals surface area contributed by atoms with Crippen LogP contribution in [0.1, 0.15) is 15.9 Å². The topological polar surface area (TPSA) is 98.5 Å². The molecule has 2 aromatic carbocycles. The van der Waals surface area contributed by atoms with Crippen LogP contribution in [0.15, 0.2) is 67.0 Å². The number of amides is 1. The van der Waals surface area contributed by atoms with E-state index in [0.717, 1.165) is 22.0 Å². The molecule has 1 amide bonds. The third-order valence-corrected chi connectivity index (χ3v) is 4.87. The van der Waals surface area contributed by atoms with E-state index in [-0.39, 0.29) is 5.91 Å². The maximum Gasteiger partial charge on any atom is 0.251 e. The van der Waals surface area contributed by atoms with Gasteiger partial charge in [0.1, 0.15) is 0 Å². The number of pyridine rings is 1. The smallest absolute Gasteiger partial charge is 0.251 e. The molecule has 0 aliphatic heterocycles. The van der Waals surface area contributed by atoms with Gasteiger partial charge >= 0.3 is 0 Å². The highest BCUT2D eigenvalue weighted by Crippen LogP contribution is 2.21. The normalized spacial score (nSPS) is 11.1. The van der Waals surface area contributed by atoms with E-state index in [9.17, 15) is 4.79 Å². The van der Waals surface area contributed by atoms with Gasteiger partial charge in [-0.3, -0.25) is 9.78 Å². The lowest BCUT2D eigenvalue weighted by molar-refractivity contribution is 0.0963. The van der Waals surface area contributed by atoms with Gasteiger partial charge in [-0.25, -0.2) is 14.6 Å². The summed E-state index contributed by atoms with van der Waals surface area (Å²) in [6.45, 7) is 0.512. The molecule has 0 unspecified atom stereocenters. The molecular formula is C22H17N7O. The molecule has 0 fully saturated rings. The summed E-state index contributed by atoms with van der Waals surface area (Å²) in [5.74, 6) is -0.150. The van der Waals surface area contributed by atoms with Crippen molar-refractivity contribution in [1.82, 2.24) is 35.3 Å². The lowest BCUT2D eigenvalue weighted by Gasteiger charge is -2.06. The van der Waals surface area contributed by atoms with E-state index in [1.165, 1.54) is 0 Å². The van der Waals surface area contributed by atoms with Crippen LogP contribution in [0, 0.1) is 0 Å². The first kappa shape index (κ1) is 17.9. The van der Waals surface area contributed by atoms with E-state index in [1.54, 1.807) is 36.3 Å². The lowest BCUT2D eigenvalue weighted by atomic mass is 10.1. The van der Waals surface area contributed by atoms with E-state index >= 15 is 0 Å². The average Bonchev–Trinajstić information content (AvgIpc) is 3.20. The molecule has 3 aromatic heterocycles. The number of hydrogen-bond acceptors (Lipinski definition) is 6. The Bertz CT molecular complexity index is 1390. The third kappa shape index (κ3) is 3.24. The molecule has 146 valence electrons. The number of fused-ring (bicyclic) bond motifs is 2. The summed E-state index contributed by atoms with van der Waals surface area (Å²) in [6.07, 6.45) is 3.43. The number of rotatable bonds is 4. The number of nitrogens with one attached hydrogen (secondary N) is 1. The zero-order valence-corrected chi connectivity index (χ0v) is 16.1. The molecule has 8 heteroatoms. The van der Waals surface area contributed by atoms with Crippen LogP contribution >= 0.6 is 0 Å². The van der Waals surface area contributed by atoms with Crippen LogP contribution in [0.3, 0.4) is 0 Å². The number of carbonyl (C=O) groups excluding carboxylic acids is 1. The second-order valence-corrected chi connectivity index (χ2v) is 6.84. The zero-order valence-electron chi connectivity index (χ0n) is 16.1. The van der Waals surface area contributed by atoms with Crippen molar-refractivity contribution in [3.8, 4) is 11.3 Å². The van der Waals surface area contributed by atoms with Crippen molar-refractivity contribution in [3.63, 3.8) is 0 Å². The third-order valence-electron chi connectivity index (χ3n) is 4.87. The second kappa shape index (κ2) is 7.32. The van der Waals surface area contributed by atoms with Gasteiger partial charge in [0.15, 0.2) is 5.65 Å². The molecule has 3 heterocycles. The van der Waals surface area contributed by atoms with Crippen molar-refractivity contribution in [3.05, 3.63) is 78.1 Å². The van der Waals surface area contributed by atoms with Crippen LogP contribution in [0.25, 0.3) is 33.5 Å². The predicted molar refractivity (Wildman–Crippen MR) is 113 cm³/mol. The summed E-state index contributed by atoms with van der Waals surface area (Å²) < 4.78 is 1.73. The van der Waals surface area contributed by atoms with Gasteiger partial charge in [0.2, 0.25) is 5.65 Å². The van der Waals surface area contributed by atoms with E-state index in [2.05, 4.69) is 31.7 Å². The Labute approximate surface area is 171 Å². The Hall–Kier alpha value is -4.20. The molecule has 0 aliphatic rings. The van der Waals surface area contributed by atoms with Crippen molar-refractivity contribution < 1.29 is 4.79 Å². The molecule has 0 atom stereocenters. The number of aromatic nitrogens is 6. The average molecular weight is 395 g/mol. The van der Waals surface area contributed by atoms with Crippen LogP contribution in [0.2, 0.25) is 0 Å². The molecule has 0 radical (unpaired) electrons. The van der Waals surface area contributed by atoms with Gasteiger partial charge in [-0.05, 0) is 35.9 Å². The number of hydrogen-bond donors (Lipinski definition) is 1. The molecule has 0 saturated carbocycles. The molecule has 1 N–H and O–H groups in total. The second-order valence-electron chi connectivity index (χ2n) is 6.84. The Balaban J connectivity index is 1.52. The number of benzene rings is 2. The SMILES string of the molecule is CNC(=O)c1cccc(-c2cnc3nnn(Cc4ccc5ncccc5c4)c3n2)c1. The maximum absolute atomic E-state index is 11.9. The van der Waals surface area contributed by atoms with Crippen molar-refractivity contribution >= 4 is 28.1 Å². The van der Waals surface area contributed by atoms with Crippen LogP contribution in [0.5, 0.6) is 0 Å². The van der Waals surface area contributed by atoms with Gasteiger partial charge in [0, 0.05) is 29.8 Å². The molecule has 0 saturated heterocycles. The van der Waals surface area contributed by atoms with Gasteiger partial charge in [-0.15, -0.1) is 5.10 Å². The van der Waals surface area contributed by atoms with Crippen molar-refractivity contribution in [2.45, 2.75) is 6.54 Å². The van der Waals surface area contributed by atoms with Gasteiger partial charge in [-0.1, -0.05) is 29.5 Å². The number of carbonyl (C=O) groups is 1. The van der Waals surface area contributed by atoms with Crippen LogP contribution < -0.4 is 5.32 Å². The van der Waals surface area contributed by atoms with Gasteiger partial charge in [0.25, 0.3) is 5.91 Å². The first-order valence-corrected chi connectivity index (χ1v) is 9.44. The van der Waals surface area contributed by atoms with E-state index < -0.39 is 0 Å². The van der Waals surface area contributed by atoms with Gasteiger partial charge < -0.3 is 5.32 Å². The monoisotopic (exact) mass is 395 g/mol. The minimum atomic E-state index is -0.150. The highest BCUT2D eigenvalue weighted by Gasteiger charge is 2.12. The van der Waals surface area contributed by atoms with Gasteiger partial charge in [-0.2, -0.15) is 0 Å². The summed E-state index contributed by atoms with van der Waals surface area (Å²) in [5, 5.41) is 12.1. The van der Waals surface area contributed by atoms with Crippen LogP contribution in [-0.2, 0) is 6.54 Å². The Kier molecular flexibility index (Phi) is 4.36. The summed E-state index contributed by atoms with van der Waals surface area (Å²) >= 11 is 0. The summed E-state index contributed by atoms with van der Waals surface area (Å²) in [4.78, 5) is 25.4. The lowest BCUT2D eigenvalue weighted by Crippen LogP contribution is -2.17. The standard InChI is InChI=1S/C22H17N7O/c1-23-22(30)17-5-2-4-16(11-17)19-12-25-20-21(26-19)29(28-27-20)13-14-7-8-18-15(10-14)6-3-9-24-18/h2-12H,13H2,1H3,(H,23,30). The first-order valence-electron chi connectivity index (χ1n) is 9.44. The summed E-state index contributed by atoms with van der Waals surface area (Å²) in [5.41, 5.74) is 5.09. The van der Waals surface area contributed by atoms with Crippen molar-refractivity contribution in [2.75, 3.05) is 7.05 Å². The highest BCUT2D eigenvalue weighted by atomic mass is 16.1. The molecule has 8 nitrogen and oxygen atoms in total. The molecule has 0 aliphatic carbocycles. The Morgan fingerprint density at radius 2 is 2.00 bits per heavy atom. The fourth-order valence-electron chi connectivity index (χ4n) is 3.36. The Morgan fingerprint density at radius 3 is 2.90 bits per heavy atom. The van der Waals surface area contributed by atoms with E-state index in [4.69, 9.17) is 4.98 Å². The fourth-order valence-corrected chi connectivity index (χ4v) is 3.36. The molecule has 0 bridgehead atoms. The predicted octanol–water partition coefficient (Wildman–Crippen LogP) is 2.84. The van der Waals surface area contributed by atoms with Crippen LogP contribution in [-0.4, -0.2) is 42.9 Å². The largest absolute Gasteiger partial charge is 0.355 e. The van der Waals surface area contributed by atoms with E-state index in [0.29, 0.717) is 29.1 Å². The highest BCUT2D eigenvalue weighted by molar-refractivity contribution is 5.95. The maximum atomic E-state index is 11.9. The molecule has 5 aromatic rings. The number of nitrogens with zero attached hydrogens (tertiary/aromatic N) is 6. The van der Waals surface area contributed by atoms with Crippen molar-refractivity contribution in [1.29, 1.82) is 0 Å². The van der Waals surface area contributed by atoms with Crippen LogP contribution in [0.4, 0.5) is 0 Å².